The average molecular weight is 380 g/mol. The number of hydrogen-bond acceptors (Lipinski definition) is 4. The zero-order valence-electron chi connectivity index (χ0n) is 12.5. The van der Waals surface area contributed by atoms with E-state index in [4.69, 9.17) is 14.9 Å². The molecule has 0 unspecified atom stereocenters. The number of aliphatic hydroxyl groups excluding tert-OH is 2. The van der Waals surface area contributed by atoms with Crippen molar-refractivity contribution in [3.8, 4) is 16.9 Å². The Bertz CT molecular complexity index is 661. The summed E-state index contributed by atoms with van der Waals surface area (Å²) in [5, 5.41) is 20.5. The van der Waals surface area contributed by atoms with Gasteiger partial charge in [0.2, 0.25) is 0 Å². The van der Waals surface area contributed by atoms with Crippen LogP contribution in [0.5, 0.6) is 5.75 Å². The Kier molecular flexibility index (Phi) is 6.58. The molecule has 0 saturated heterocycles. The quantitative estimate of drug-likeness (QED) is 0.688. The normalized spacial score (nSPS) is 10.4. The molecule has 0 bridgehead atoms. The summed E-state index contributed by atoms with van der Waals surface area (Å²) in [6.45, 7) is -0.0483. The standard InChI is InChI=1S/C17H18BrNO4/c18-13-10-14(12-4-2-1-3-5-12)16(23-9-8-21)15(11-13)17(22)19-6-7-20/h1-5,10-11,20-21H,6-9H2,(H,19,22). The number of amides is 1. The molecule has 1 amide bonds. The van der Waals surface area contributed by atoms with Gasteiger partial charge in [-0.05, 0) is 17.7 Å². The van der Waals surface area contributed by atoms with Crippen LogP contribution in [0.3, 0.4) is 0 Å². The van der Waals surface area contributed by atoms with E-state index in [9.17, 15) is 4.79 Å². The molecule has 2 aromatic rings. The van der Waals surface area contributed by atoms with Crippen LogP contribution in [0.25, 0.3) is 11.1 Å². The summed E-state index contributed by atoms with van der Waals surface area (Å²) in [5.74, 6) is 0.0642. The molecule has 122 valence electrons. The van der Waals surface area contributed by atoms with Gasteiger partial charge in [0.25, 0.3) is 5.91 Å². The van der Waals surface area contributed by atoms with Crippen LogP contribution in [0.1, 0.15) is 10.4 Å². The highest BCUT2D eigenvalue weighted by molar-refractivity contribution is 9.10. The molecular formula is C17H18BrNO4. The fourth-order valence-electron chi connectivity index (χ4n) is 2.16. The third kappa shape index (κ3) is 4.54. The lowest BCUT2D eigenvalue weighted by molar-refractivity contribution is 0.0939. The molecule has 0 atom stereocenters. The average Bonchev–Trinajstić information content (AvgIpc) is 2.58. The number of aliphatic hydroxyl groups is 2. The van der Waals surface area contributed by atoms with Gasteiger partial charge in [-0.25, -0.2) is 0 Å². The summed E-state index contributed by atoms with van der Waals surface area (Å²) >= 11 is 3.41. The molecule has 6 heteroatoms. The van der Waals surface area contributed by atoms with E-state index in [0.29, 0.717) is 11.3 Å². The maximum atomic E-state index is 12.3. The van der Waals surface area contributed by atoms with Gasteiger partial charge in [-0.15, -0.1) is 0 Å². The Morgan fingerprint density at radius 1 is 1.13 bits per heavy atom. The molecule has 0 spiro atoms. The summed E-state index contributed by atoms with van der Waals surface area (Å²) in [6.07, 6.45) is 0. The third-order valence-electron chi connectivity index (χ3n) is 3.12. The fourth-order valence-corrected chi connectivity index (χ4v) is 2.62. The summed E-state index contributed by atoms with van der Waals surface area (Å²) < 4.78 is 6.37. The Labute approximate surface area is 143 Å². The van der Waals surface area contributed by atoms with E-state index in [1.165, 1.54) is 0 Å². The zero-order valence-corrected chi connectivity index (χ0v) is 14.0. The minimum absolute atomic E-state index is 0.0851. The molecule has 2 aromatic carbocycles. The first-order valence-corrected chi connectivity index (χ1v) is 7.98. The Hall–Kier alpha value is -1.89. The lowest BCUT2D eigenvalue weighted by Crippen LogP contribution is -2.27. The van der Waals surface area contributed by atoms with Crippen LogP contribution < -0.4 is 10.1 Å². The monoisotopic (exact) mass is 379 g/mol. The van der Waals surface area contributed by atoms with Gasteiger partial charge in [0, 0.05) is 16.6 Å². The van der Waals surface area contributed by atoms with Crippen molar-refractivity contribution in [3.63, 3.8) is 0 Å². The van der Waals surface area contributed by atoms with Crippen LogP contribution in [0.2, 0.25) is 0 Å². The highest BCUT2D eigenvalue weighted by Gasteiger charge is 2.18. The number of rotatable bonds is 7. The molecule has 3 N–H and O–H groups in total. The molecule has 0 aromatic heterocycles. The van der Waals surface area contributed by atoms with E-state index < -0.39 is 0 Å². The Morgan fingerprint density at radius 2 is 1.87 bits per heavy atom. The number of nitrogens with one attached hydrogen (secondary N) is 1. The second-order valence-corrected chi connectivity index (χ2v) is 5.66. The predicted octanol–water partition coefficient (Wildman–Crippen LogP) is 2.21. The smallest absolute Gasteiger partial charge is 0.255 e. The first-order chi connectivity index (χ1) is 11.2. The predicted molar refractivity (Wildman–Crippen MR) is 91.6 cm³/mol. The number of carbonyl (C=O) groups excluding carboxylic acids is 1. The Balaban J connectivity index is 2.52. The summed E-state index contributed by atoms with van der Waals surface area (Å²) in [4.78, 5) is 12.3. The molecule has 0 aliphatic rings. The van der Waals surface area contributed by atoms with E-state index in [1.807, 2.05) is 36.4 Å². The number of ether oxygens (including phenoxy) is 1. The van der Waals surface area contributed by atoms with Crippen LogP contribution >= 0.6 is 15.9 Å². The molecule has 0 radical (unpaired) electrons. The molecule has 2 rings (SSSR count). The van der Waals surface area contributed by atoms with Gasteiger partial charge in [0.1, 0.15) is 12.4 Å². The van der Waals surface area contributed by atoms with E-state index in [0.717, 1.165) is 15.6 Å². The first-order valence-electron chi connectivity index (χ1n) is 7.19. The van der Waals surface area contributed by atoms with Crippen molar-refractivity contribution >= 4 is 21.8 Å². The first kappa shape index (κ1) is 17.5. The molecule has 0 aliphatic heterocycles. The van der Waals surface area contributed by atoms with Crippen molar-refractivity contribution in [3.05, 3.63) is 52.5 Å². The number of carbonyl (C=O) groups is 1. The van der Waals surface area contributed by atoms with Crippen molar-refractivity contribution in [2.45, 2.75) is 0 Å². The number of halogens is 1. The number of hydrogen-bond donors (Lipinski definition) is 3. The summed E-state index contributed by atoms with van der Waals surface area (Å²) in [6, 6.07) is 13.1. The number of benzene rings is 2. The maximum Gasteiger partial charge on any atom is 0.255 e. The van der Waals surface area contributed by atoms with Crippen molar-refractivity contribution in [1.82, 2.24) is 5.32 Å². The van der Waals surface area contributed by atoms with Crippen LogP contribution in [0.4, 0.5) is 0 Å². The van der Waals surface area contributed by atoms with Gasteiger partial charge in [0.15, 0.2) is 0 Å². The van der Waals surface area contributed by atoms with Crippen LogP contribution in [0, 0.1) is 0 Å². The molecule has 0 heterocycles. The zero-order chi connectivity index (χ0) is 16.7. The molecular weight excluding hydrogens is 362 g/mol. The molecule has 0 saturated carbocycles. The van der Waals surface area contributed by atoms with Crippen molar-refractivity contribution < 1.29 is 19.7 Å². The maximum absolute atomic E-state index is 12.3. The van der Waals surface area contributed by atoms with Crippen molar-refractivity contribution in [2.75, 3.05) is 26.4 Å². The van der Waals surface area contributed by atoms with E-state index >= 15 is 0 Å². The minimum atomic E-state index is -0.342. The topological polar surface area (TPSA) is 78.8 Å². The lowest BCUT2D eigenvalue weighted by Gasteiger charge is -2.16. The van der Waals surface area contributed by atoms with E-state index in [1.54, 1.807) is 6.07 Å². The highest BCUT2D eigenvalue weighted by atomic mass is 79.9. The van der Waals surface area contributed by atoms with Crippen molar-refractivity contribution in [1.29, 1.82) is 0 Å². The summed E-state index contributed by atoms with van der Waals surface area (Å²) in [7, 11) is 0. The van der Waals surface area contributed by atoms with Gasteiger partial charge >= 0.3 is 0 Å². The van der Waals surface area contributed by atoms with Crippen molar-refractivity contribution in [2.24, 2.45) is 0 Å². The lowest BCUT2D eigenvalue weighted by atomic mass is 10.0. The van der Waals surface area contributed by atoms with Gasteiger partial charge in [-0.2, -0.15) is 0 Å². The van der Waals surface area contributed by atoms with Crippen LogP contribution in [0.15, 0.2) is 46.9 Å². The van der Waals surface area contributed by atoms with E-state index in [-0.39, 0.29) is 32.3 Å². The van der Waals surface area contributed by atoms with Crippen LogP contribution in [-0.4, -0.2) is 42.5 Å². The highest BCUT2D eigenvalue weighted by Crippen LogP contribution is 2.36. The van der Waals surface area contributed by atoms with Crippen LogP contribution in [-0.2, 0) is 0 Å². The second kappa shape index (κ2) is 8.67. The second-order valence-electron chi connectivity index (χ2n) is 4.75. The van der Waals surface area contributed by atoms with Gasteiger partial charge in [0.05, 0.1) is 18.8 Å². The van der Waals surface area contributed by atoms with E-state index in [2.05, 4.69) is 21.2 Å². The molecule has 0 aliphatic carbocycles. The summed E-state index contributed by atoms with van der Waals surface area (Å²) in [5.41, 5.74) is 2.00. The SMILES string of the molecule is O=C(NCCO)c1cc(Br)cc(-c2ccccc2)c1OCCO. The van der Waals surface area contributed by atoms with Gasteiger partial charge in [-0.3, -0.25) is 4.79 Å². The molecule has 23 heavy (non-hydrogen) atoms. The van der Waals surface area contributed by atoms with Gasteiger partial charge in [-0.1, -0.05) is 46.3 Å². The Morgan fingerprint density at radius 3 is 2.52 bits per heavy atom. The minimum Gasteiger partial charge on any atom is -0.490 e. The largest absolute Gasteiger partial charge is 0.490 e. The fraction of sp³-hybridized carbons (Fsp3) is 0.235. The third-order valence-corrected chi connectivity index (χ3v) is 3.58. The molecule has 5 nitrogen and oxygen atoms in total. The van der Waals surface area contributed by atoms with Gasteiger partial charge < -0.3 is 20.3 Å². The molecule has 0 fully saturated rings.